The van der Waals surface area contributed by atoms with Gasteiger partial charge in [-0.1, -0.05) is 18.6 Å². The summed E-state index contributed by atoms with van der Waals surface area (Å²) in [5.41, 5.74) is 1.12. The molecular formula is C24H36O4. The second-order valence-corrected chi connectivity index (χ2v) is 11.0. The van der Waals surface area contributed by atoms with Crippen LogP contribution in [0.5, 0.6) is 0 Å². The second kappa shape index (κ2) is 6.06. The van der Waals surface area contributed by atoms with E-state index >= 15 is 0 Å². The molecule has 28 heavy (non-hydrogen) atoms. The summed E-state index contributed by atoms with van der Waals surface area (Å²) >= 11 is 0. The molecule has 1 aliphatic heterocycles. The summed E-state index contributed by atoms with van der Waals surface area (Å²) < 4.78 is 12.0. The van der Waals surface area contributed by atoms with Gasteiger partial charge in [-0.05, 0) is 85.9 Å². The fourth-order valence-electron chi connectivity index (χ4n) is 8.94. The molecule has 7 unspecified atom stereocenters. The predicted molar refractivity (Wildman–Crippen MR) is 105 cm³/mol. The summed E-state index contributed by atoms with van der Waals surface area (Å²) in [4.78, 5) is 0. The Balaban J connectivity index is 1.28. The van der Waals surface area contributed by atoms with Gasteiger partial charge in [0.15, 0.2) is 5.79 Å². The van der Waals surface area contributed by atoms with Crippen LogP contribution >= 0.6 is 0 Å². The molecule has 4 saturated carbocycles. The number of aliphatic hydroxyl groups excluding tert-OH is 1. The lowest BCUT2D eigenvalue weighted by Gasteiger charge is -2.57. The van der Waals surface area contributed by atoms with Crippen LogP contribution in [-0.2, 0) is 9.47 Å². The zero-order valence-electron chi connectivity index (χ0n) is 17.2. The monoisotopic (exact) mass is 388 g/mol. The van der Waals surface area contributed by atoms with Crippen LogP contribution in [0.4, 0.5) is 0 Å². The maximum absolute atomic E-state index is 11.8. The van der Waals surface area contributed by atoms with Crippen molar-refractivity contribution in [2.45, 2.75) is 76.1 Å². The van der Waals surface area contributed by atoms with Gasteiger partial charge in [-0.15, -0.1) is 0 Å². The van der Waals surface area contributed by atoms with Crippen molar-refractivity contribution in [3.8, 4) is 0 Å². The maximum atomic E-state index is 11.8. The fourth-order valence-corrected chi connectivity index (χ4v) is 8.94. The molecule has 0 radical (unpaired) electrons. The molecule has 4 nitrogen and oxygen atoms in total. The molecule has 0 aromatic carbocycles. The Morgan fingerprint density at radius 1 is 1.11 bits per heavy atom. The average Bonchev–Trinajstić information content (AvgIpc) is 3.32. The summed E-state index contributed by atoms with van der Waals surface area (Å²) in [6, 6.07) is 0. The zero-order chi connectivity index (χ0) is 19.1. The molecule has 1 saturated heterocycles. The molecule has 6 rings (SSSR count). The Labute approximate surface area is 168 Å². The van der Waals surface area contributed by atoms with Crippen LogP contribution in [0.2, 0.25) is 0 Å². The Kier molecular flexibility index (Phi) is 3.97. The van der Waals surface area contributed by atoms with Gasteiger partial charge in [-0.2, -0.15) is 0 Å². The van der Waals surface area contributed by atoms with Crippen molar-refractivity contribution in [3.63, 3.8) is 0 Å². The Hall–Kier alpha value is -0.420. The van der Waals surface area contributed by atoms with Gasteiger partial charge in [0, 0.05) is 19.4 Å². The highest BCUT2D eigenvalue weighted by Gasteiger charge is 2.75. The lowest BCUT2D eigenvalue weighted by Crippen LogP contribution is -2.55. The topological polar surface area (TPSA) is 58.9 Å². The Morgan fingerprint density at radius 3 is 2.71 bits per heavy atom. The van der Waals surface area contributed by atoms with E-state index in [-0.39, 0.29) is 17.8 Å². The van der Waals surface area contributed by atoms with Gasteiger partial charge in [-0.3, -0.25) is 0 Å². The Bertz CT molecular complexity index is 682. The van der Waals surface area contributed by atoms with Crippen LogP contribution in [0.1, 0.15) is 64.7 Å². The highest BCUT2D eigenvalue weighted by molar-refractivity contribution is 5.27. The van der Waals surface area contributed by atoms with Crippen molar-refractivity contribution in [2.24, 2.45) is 40.9 Å². The molecule has 1 spiro atoms. The third-order valence-corrected chi connectivity index (χ3v) is 10.1. The number of hydrogen-bond donors (Lipinski definition) is 2. The highest BCUT2D eigenvalue weighted by Crippen LogP contribution is 2.76. The first-order chi connectivity index (χ1) is 13.5. The van der Waals surface area contributed by atoms with Crippen LogP contribution in [0.25, 0.3) is 0 Å². The smallest absolute Gasteiger partial charge is 0.172 e. The van der Waals surface area contributed by atoms with E-state index in [0.29, 0.717) is 17.8 Å². The van der Waals surface area contributed by atoms with E-state index in [1.54, 1.807) is 5.57 Å². The average molecular weight is 389 g/mol. The number of fused-ring (bicyclic) bond motifs is 7. The van der Waals surface area contributed by atoms with E-state index in [0.717, 1.165) is 63.1 Å². The van der Waals surface area contributed by atoms with Gasteiger partial charge < -0.3 is 19.7 Å². The van der Waals surface area contributed by atoms with Crippen LogP contribution in [0, 0.1) is 40.9 Å². The van der Waals surface area contributed by atoms with Gasteiger partial charge in [0.2, 0.25) is 0 Å². The molecule has 8 atom stereocenters. The van der Waals surface area contributed by atoms with E-state index in [2.05, 4.69) is 13.0 Å². The molecular weight excluding hydrogens is 352 g/mol. The van der Waals surface area contributed by atoms with Crippen molar-refractivity contribution >= 4 is 0 Å². The SMILES string of the molecule is CC12CCC3C4CCC5(CC4=CCC3C1[C@H]1CC1C2(O)CCCO)OCCO5. The highest BCUT2D eigenvalue weighted by atomic mass is 16.7. The van der Waals surface area contributed by atoms with E-state index in [1.807, 2.05) is 0 Å². The largest absolute Gasteiger partial charge is 0.396 e. The number of aliphatic hydroxyl groups is 2. The lowest BCUT2D eigenvalue weighted by atomic mass is 9.49. The first kappa shape index (κ1) is 18.4. The summed E-state index contributed by atoms with van der Waals surface area (Å²) in [5.74, 6) is 3.83. The third kappa shape index (κ3) is 2.27. The normalized spacial score (nSPS) is 53.2. The van der Waals surface area contributed by atoms with Gasteiger partial charge in [0.25, 0.3) is 0 Å². The number of ether oxygens (including phenoxy) is 2. The molecule has 0 aromatic heterocycles. The summed E-state index contributed by atoms with van der Waals surface area (Å²) in [7, 11) is 0. The fraction of sp³-hybridized carbons (Fsp3) is 0.917. The van der Waals surface area contributed by atoms with E-state index < -0.39 is 5.60 Å². The molecule has 0 aromatic rings. The van der Waals surface area contributed by atoms with Gasteiger partial charge in [-0.25, -0.2) is 0 Å². The van der Waals surface area contributed by atoms with E-state index in [1.165, 1.54) is 25.7 Å². The second-order valence-electron chi connectivity index (χ2n) is 11.0. The molecule has 0 amide bonds. The van der Waals surface area contributed by atoms with Crippen LogP contribution in [0.3, 0.4) is 0 Å². The van der Waals surface area contributed by atoms with Crippen molar-refractivity contribution in [3.05, 3.63) is 11.6 Å². The first-order valence-electron chi connectivity index (χ1n) is 11.8. The molecule has 4 heteroatoms. The standard InChI is InChI=1S/C24H36O4/c1-22-8-5-17-16-6-9-23(27-11-12-28-23)14-15(16)3-4-18(17)21(22)19-13-20(19)24(22,26)7-2-10-25/h3,16-21,25-26H,2,4-14H2,1H3/t16?,17?,18?,19-,20?,21?,22?,24?/m0/s1. The van der Waals surface area contributed by atoms with Crippen molar-refractivity contribution in [1.29, 1.82) is 0 Å². The predicted octanol–water partition coefficient (Wildman–Crippen LogP) is 3.66. The van der Waals surface area contributed by atoms with Crippen LogP contribution in [0.15, 0.2) is 11.6 Å². The van der Waals surface area contributed by atoms with Crippen molar-refractivity contribution in [2.75, 3.05) is 19.8 Å². The minimum atomic E-state index is -0.540. The molecule has 0 bridgehead atoms. The van der Waals surface area contributed by atoms with Gasteiger partial charge >= 0.3 is 0 Å². The minimum absolute atomic E-state index is 0.0514. The zero-order valence-corrected chi connectivity index (χ0v) is 17.2. The van der Waals surface area contributed by atoms with Crippen molar-refractivity contribution in [1.82, 2.24) is 0 Å². The van der Waals surface area contributed by atoms with Gasteiger partial charge in [0.1, 0.15) is 0 Å². The summed E-state index contributed by atoms with van der Waals surface area (Å²) in [6.07, 6.45) is 12.1. The van der Waals surface area contributed by atoms with Crippen molar-refractivity contribution < 1.29 is 19.7 Å². The molecule has 2 N–H and O–H groups in total. The molecule has 1 heterocycles. The number of allylic oxidation sites excluding steroid dienone is 1. The molecule has 5 fully saturated rings. The number of hydrogen-bond acceptors (Lipinski definition) is 4. The molecule has 156 valence electrons. The van der Waals surface area contributed by atoms with Crippen LogP contribution < -0.4 is 0 Å². The minimum Gasteiger partial charge on any atom is -0.396 e. The Morgan fingerprint density at radius 2 is 1.93 bits per heavy atom. The quantitative estimate of drug-likeness (QED) is 0.725. The number of rotatable bonds is 3. The maximum Gasteiger partial charge on any atom is 0.172 e. The first-order valence-corrected chi connectivity index (χ1v) is 11.8. The third-order valence-electron chi connectivity index (χ3n) is 10.1. The molecule has 6 aliphatic rings. The summed E-state index contributed by atoms with van der Waals surface area (Å²) in [6.45, 7) is 4.10. The lowest BCUT2D eigenvalue weighted by molar-refractivity contribution is -0.180. The summed E-state index contributed by atoms with van der Waals surface area (Å²) in [5, 5.41) is 21.2. The van der Waals surface area contributed by atoms with E-state index in [9.17, 15) is 10.2 Å². The van der Waals surface area contributed by atoms with E-state index in [4.69, 9.17) is 9.47 Å². The van der Waals surface area contributed by atoms with Gasteiger partial charge in [0.05, 0.1) is 18.8 Å². The van der Waals surface area contributed by atoms with Crippen LogP contribution in [-0.4, -0.2) is 41.4 Å². The molecule has 5 aliphatic carbocycles.